The number of fused-ring (bicyclic) bond motifs is 1. The molecule has 0 spiro atoms. The van der Waals surface area contributed by atoms with Crippen LogP contribution in [0, 0.1) is 0 Å². The van der Waals surface area contributed by atoms with Crippen LogP contribution in [0.15, 0.2) is 48.5 Å². The minimum Gasteiger partial charge on any atom is -0.360 e. The zero-order chi connectivity index (χ0) is 19.5. The lowest BCUT2D eigenvalue weighted by molar-refractivity contribution is -0.126. The molecule has 3 N–H and O–H groups in total. The topological polar surface area (TPSA) is 90.5 Å². The van der Waals surface area contributed by atoms with Crippen molar-refractivity contribution in [1.82, 2.24) is 10.6 Å². The molecule has 2 heterocycles. The maximum atomic E-state index is 12.7. The third kappa shape index (κ3) is 3.83. The van der Waals surface area contributed by atoms with Crippen LogP contribution >= 0.6 is 0 Å². The average molecular weight is 378 g/mol. The Morgan fingerprint density at radius 2 is 1.86 bits per heavy atom. The van der Waals surface area contributed by atoms with Gasteiger partial charge < -0.3 is 20.9 Å². The molecule has 2 aromatic rings. The van der Waals surface area contributed by atoms with E-state index in [1.807, 2.05) is 53.4 Å². The first-order chi connectivity index (χ1) is 13.6. The number of nitrogens with one attached hydrogen (secondary N) is 3. The Labute approximate surface area is 163 Å². The van der Waals surface area contributed by atoms with Gasteiger partial charge in [0.1, 0.15) is 0 Å². The highest BCUT2D eigenvalue weighted by molar-refractivity contribution is 6.01. The van der Waals surface area contributed by atoms with Gasteiger partial charge in [-0.2, -0.15) is 0 Å². The number of piperazine rings is 1. The fraction of sp³-hybridized carbons (Fsp3) is 0.286. The van der Waals surface area contributed by atoms with Gasteiger partial charge in [0.25, 0.3) is 0 Å². The van der Waals surface area contributed by atoms with E-state index in [9.17, 15) is 14.4 Å². The van der Waals surface area contributed by atoms with Gasteiger partial charge in [-0.1, -0.05) is 30.3 Å². The Kier molecular flexibility index (Phi) is 4.97. The molecular weight excluding hydrogens is 356 g/mol. The molecule has 28 heavy (non-hydrogen) atoms. The maximum absolute atomic E-state index is 12.7. The number of carbonyl (C=O) groups excluding carboxylic acids is 3. The van der Waals surface area contributed by atoms with Crippen LogP contribution < -0.4 is 20.9 Å². The van der Waals surface area contributed by atoms with Crippen molar-refractivity contribution in [2.45, 2.75) is 18.9 Å². The molecule has 3 amide bonds. The van der Waals surface area contributed by atoms with Crippen molar-refractivity contribution < 1.29 is 14.4 Å². The molecule has 4 rings (SSSR count). The molecule has 0 aromatic heterocycles. The van der Waals surface area contributed by atoms with Crippen LogP contribution in [0.25, 0.3) is 0 Å². The SMILES string of the molecule is O=C1CN(c2ccc(CNC(=O)C3CC(=O)Nc4ccccc43)cc2)CCN1. The molecule has 1 saturated heterocycles. The summed E-state index contributed by atoms with van der Waals surface area (Å²) in [6, 6.07) is 15.2. The van der Waals surface area contributed by atoms with Gasteiger partial charge in [-0.05, 0) is 29.3 Å². The highest BCUT2D eigenvalue weighted by atomic mass is 16.2. The molecule has 0 aliphatic carbocycles. The standard InChI is InChI=1S/C21H22N4O3/c26-19-11-17(16-3-1-2-4-18(16)24-19)21(28)23-12-14-5-7-15(8-6-14)25-10-9-22-20(27)13-25/h1-8,17H,9-13H2,(H,22,27)(H,23,28)(H,24,26). The number of amides is 3. The molecule has 144 valence electrons. The number of rotatable bonds is 4. The zero-order valence-electron chi connectivity index (χ0n) is 15.4. The molecule has 2 aromatic carbocycles. The number of benzene rings is 2. The minimum absolute atomic E-state index is 0.0272. The fourth-order valence-corrected chi connectivity index (χ4v) is 3.64. The summed E-state index contributed by atoms with van der Waals surface area (Å²) in [7, 11) is 0. The van der Waals surface area contributed by atoms with Crippen LogP contribution in [0.5, 0.6) is 0 Å². The second-order valence-electron chi connectivity index (χ2n) is 7.05. The molecular formula is C21H22N4O3. The minimum atomic E-state index is -0.476. The van der Waals surface area contributed by atoms with E-state index in [0.29, 0.717) is 25.3 Å². The summed E-state index contributed by atoms with van der Waals surface area (Å²) < 4.78 is 0. The number of hydrogen-bond donors (Lipinski definition) is 3. The van der Waals surface area contributed by atoms with Gasteiger partial charge in [0.15, 0.2) is 0 Å². The predicted molar refractivity (Wildman–Crippen MR) is 106 cm³/mol. The Morgan fingerprint density at radius 1 is 1.07 bits per heavy atom. The summed E-state index contributed by atoms with van der Waals surface area (Å²) in [4.78, 5) is 38.1. The lowest BCUT2D eigenvalue weighted by atomic mass is 9.90. The van der Waals surface area contributed by atoms with E-state index in [-0.39, 0.29) is 24.1 Å². The number of carbonyl (C=O) groups is 3. The fourth-order valence-electron chi connectivity index (χ4n) is 3.64. The number of nitrogens with zero attached hydrogens (tertiary/aromatic N) is 1. The summed E-state index contributed by atoms with van der Waals surface area (Å²) in [5.41, 5.74) is 3.50. The van der Waals surface area contributed by atoms with Crippen LogP contribution in [0.3, 0.4) is 0 Å². The quantitative estimate of drug-likeness (QED) is 0.749. The Balaban J connectivity index is 1.39. The highest BCUT2D eigenvalue weighted by Gasteiger charge is 2.30. The second-order valence-corrected chi connectivity index (χ2v) is 7.05. The number of anilines is 2. The van der Waals surface area contributed by atoms with E-state index in [0.717, 1.165) is 23.4 Å². The molecule has 0 radical (unpaired) electrons. The largest absolute Gasteiger partial charge is 0.360 e. The van der Waals surface area contributed by atoms with Crippen molar-refractivity contribution in [3.63, 3.8) is 0 Å². The normalized spacial score (nSPS) is 18.7. The Hall–Kier alpha value is -3.35. The summed E-state index contributed by atoms with van der Waals surface area (Å²) in [5, 5.41) is 8.56. The number of para-hydroxylation sites is 1. The Bertz CT molecular complexity index is 910. The number of hydrogen-bond acceptors (Lipinski definition) is 4. The van der Waals surface area contributed by atoms with Crippen LogP contribution in [0.2, 0.25) is 0 Å². The van der Waals surface area contributed by atoms with Crippen LogP contribution in [0.4, 0.5) is 11.4 Å². The molecule has 0 bridgehead atoms. The van der Waals surface area contributed by atoms with Crippen molar-refractivity contribution >= 4 is 29.1 Å². The highest BCUT2D eigenvalue weighted by Crippen LogP contribution is 2.32. The molecule has 0 saturated carbocycles. The summed E-state index contributed by atoms with van der Waals surface area (Å²) in [6.45, 7) is 2.18. The van der Waals surface area contributed by atoms with E-state index in [4.69, 9.17) is 0 Å². The van der Waals surface area contributed by atoms with Crippen LogP contribution in [-0.2, 0) is 20.9 Å². The average Bonchev–Trinajstić information content (AvgIpc) is 2.71. The van der Waals surface area contributed by atoms with Gasteiger partial charge in [0.2, 0.25) is 17.7 Å². The van der Waals surface area contributed by atoms with E-state index in [2.05, 4.69) is 16.0 Å². The predicted octanol–water partition coefficient (Wildman–Crippen LogP) is 1.36. The maximum Gasteiger partial charge on any atom is 0.239 e. The third-order valence-electron chi connectivity index (χ3n) is 5.12. The van der Waals surface area contributed by atoms with Crippen molar-refractivity contribution in [2.75, 3.05) is 29.9 Å². The first-order valence-electron chi connectivity index (χ1n) is 9.37. The van der Waals surface area contributed by atoms with E-state index in [1.165, 1.54) is 0 Å². The van der Waals surface area contributed by atoms with Crippen molar-refractivity contribution in [1.29, 1.82) is 0 Å². The van der Waals surface area contributed by atoms with Crippen LogP contribution in [-0.4, -0.2) is 37.4 Å². The van der Waals surface area contributed by atoms with E-state index in [1.54, 1.807) is 0 Å². The Morgan fingerprint density at radius 3 is 2.64 bits per heavy atom. The zero-order valence-corrected chi connectivity index (χ0v) is 15.4. The molecule has 7 heteroatoms. The summed E-state index contributed by atoms with van der Waals surface area (Å²) in [5.74, 6) is -0.747. The molecule has 2 aliphatic rings. The monoisotopic (exact) mass is 378 g/mol. The van der Waals surface area contributed by atoms with Gasteiger partial charge in [0.05, 0.1) is 12.5 Å². The third-order valence-corrected chi connectivity index (χ3v) is 5.12. The van der Waals surface area contributed by atoms with Crippen molar-refractivity contribution in [3.8, 4) is 0 Å². The second kappa shape index (κ2) is 7.72. The summed E-state index contributed by atoms with van der Waals surface area (Å²) in [6.07, 6.45) is 0.152. The lowest BCUT2D eigenvalue weighted by Gasteiger charge is -2.28. The molecule has 1 unspecified atom stereocenters. The van der Waals surface area contributed by atoms with Gasteiger partial charge in [-0.3, -0.25) is 14.4 Å². The first-order valence-corrected chi connectivity index (χ1v) is 9.37. The van der Waals surface area contributed by atoms with Gasteiger partial charge in [-0.25, -0.2) is 0 Å². The van der Waals surface area contributed by atoms with E-state index >= 15 is 0 Å². The van der Waals surface area contributed by atoms with Crippen molar-refractivity contribution in [3.05, 3.63) is 59.7 Å². The van der Waals surface area contributed by atoms with Crippen molar-refractivity contribution in [2.24, 2.45) is 0 Å². The van der Waals surface area contributed by atoms with E-state index < -0.39 is 5.92 Å². The molecule has 2 aliphatic heterocycles. The van der Waals surface area contributed by atoms with Gasteiger partial charge >= 0.3 is 0 Å². The first kappa shape index (κ1) is 18.0. The van der Waals surface area contributed by atoms with Gasteiger partial charge in [-0.15, -0.1) is 0 Å². The summed E-state index contributed by atoms with van der Waals surface area (Å²) >= 11 is 0. The molecule has 1 fully saturated rings. The molecule has 7 nitrogen and oxygen atoms in total. The van der Waals surface area contributed by atoms with Crippen LogP contribution in [0.1, 0.15) is 23.5 Å². The lowest BCUT2D eigenvalue weighted by Crippen LogP contribution is -2.47. The van der Waals surface area contributed by atoms with Gasteiger partial charge in [0, 0.05) is 37.4 Å². The molecule has 1 atom stereocenters. The smallest absolute Gasteiger partial charge is 0.239 e.